The molecule has 0 aromatic heterocycles. The second kappa shape index (κ2) is 4.65. The van der Waals surface area contributed by atoms with Gasteiger partial charge in [-0.15, -0.1) is 0 Å². The van der Waals surface area contributed by atoms with E-state index < -0.39 is 5.97 Å². The number of benzene rings is 1. The number of aromatic carboxylic acids is 1. The zero-order valence-electron chi connectivity index (χ0n) is 9.94. The molecule has 2 rings (SSSR count). The number of nitrogens with one attached hydrogen (secondary N) is 1. The van der Waals surface area contributed by atoms with Crippen LogP contribution < -0.4 is 11.1 Å². The highest BCUT2D eigenvalue weighted by molar-refractivity contribution is 5.94. The van der Waals surface area contributed by atoms with Gasteiger partial charge in [0.15, 0.2) is 0 Å². The van der Waals surface area contributed by atoms with Crippen molar-refractivity contribution in [3.05, 3.63) is 23.8 Å². The highest BCUT2D eigenvalue weighted by atomic mass is 16.4. The Morgan fingerprint density at radius 2 is 2.35 bits per heavy atom. The number of nitrogen functional groups attached to an aromatic ring is 1. The lowest BCUT2D eigenvalue weighted by Crippen LogP contribution is -2.07. The number of carboxylic acid groups (broad SMARTS) is 1. The first-order valence-electron chi connectivity index (χ1n) is 6.01. The SMILES string of the molecule is CCCC1CC1Nc1ccc(C(=O)O)c(N)c1. The van der Waals surface area contributed by atoms with Crippen molar-refractivity contribution < 1.29 is 9.90 Å². The van der Waals surface area contributed by atoms with Crippen molar-refractivity contribution in [2.24, 2.45) is 5.92 Å². The number of carboxylic acids is 1. The smallest absolute Gasteiger partial charge is 0.337 e. The maximum atomic E-state index is 10.8. The van der Waals surface area contributed by atoms with Gasteiger partial charge in [-0.25, -0.2) is 4.79 Å². The van der Waals surface area contributed by atoms with Gasteiger partial charge < -0.3 is 16.2 Å². The summed E-state index contributed by atoms with van der Waals surface area (Å²) in [5.74, 6) is -0.218. The Balaban J connectivity index is 1.99. The summed E-state index contributed by atoms with van der Waals surface area (Å²) in [6.45, 7) is 2.19. The van der Waals surface area contributed by atoms with E-state index in [9.17, 15) is 4.79 Å². The lowest BCUT2D eigenvalue weighted by molar-refractivity contribution is 0.0698. The topological polar surface area (TPSA) is 75.3 Å². The third-order valence-electron chi connectivity index (χ3n) is 3.22. The predicted molar refractivity (Wildman–Crippen MR) is 68.2 cm³/mol. The fourth-order valence-electron chi connectivity index (χ4n) is 2.18. The Morgan fingerprint density at radius 3 is 2.94 bits per heavy atom. The zero-order chi connectivity index (χ0) is 12.4. The molecule has 0 amide bonds. The minimum Gasteiger partial charge on any atom is -0.478 e. The van der Waals surface area contributed by atoms with Gasteiger partial charge in [0.1, 0.15) is 0 Å². The van der Waals surface area contributed by atoms with Crippen LogP contribution in [0.1, 0.15) is 36.5 Å². The lowest BCUT2D eigenvalue weighted by Gasteiger charge is -2.08. The molecule has 4 N–H and O–H groups in total. The van der Waals surface area contributed by atoms with E-state index in [1.165, 1.54) is 19.3 Å². The zero-order valence-corrected chi connectivity index (χ0v) is 9.94. The number of anilines is 2. The second-order valence-electron chi connectivity index (χ2n) is 4.64. The molecule has 0 heterocycles. The molecule has 1 aromatic carbocycles. The summed E-state index contributed by atoms with van der Waals surface area (Å²) in [6.07, 6.45) is 3.66. The van der Waals surface area contributed by atoms with Gasteiger partial charge >= 0.3 is 5.97 Å². The number of rotatable bonds is 5. The van der Waals surface area contributed by atoms with Crippen LogP contribution in [0.2, 0.25) is 0 Å². The van der Waals surface area contributed by atoms with E-state index in [-0.39, 0.29) is 5.56 Å². The van der Waals surface area contributed by atoms with E-state index in [0.717, 1.165) is 11.6 Å². The van der Waals surface area contributed by atoms with Gasteiger partial charge in [-0.2, -0.15) is 0 Å². The minimum absolute atomic E-state index is 0.163. The number of carbonyl (C=O) groups is 1. The van der Waals surface area contributed by atoms with Crippen molar-refractivity contribution in [1.29, 1.82) is 0 Å². The molecule has 0 saturated heterocycles. The molecular weight excluding hydrogens is 216 g/mol. The summed E-state index contributed by atoms with van der Waals surface area (Å²) in [7, 11) is 0. The van der Waals surface area contributed by atoms with Crippen molar-refractivity contribution in [2.45, 2.75) is 32.2 Å². The number of hydrogen-bond acceptors (Lipinski definition) is 3. The van der Waals surface area contributed by atoms with Crippen molar-refractivity contribution in [3.8, 4) is 0 Å². The first kappa shape index (κ1) is 11.8. The standard InChI is InChI=1S/C13H18N2O2/c1-2-3-8-6-12(8)15-9-4-5-10(13(16)17)11(14)7-9/h4-5,7-8,12,15H,2-3,6,14H2,1H3,(H,16,17). The summed E-state index contributed by atoms with van der Waals surface area (Å²) in [5, 5.41) is 12.2. The van der Waals surface area contributed by atoms with Gasteiger partial charge in [0, 0.05) is 17.4 Å². The molecule has 1 aliphatic rings. The average Bonchev–Trinajstić information content (AvgIpc) is 2.96. The molecule has 0 bridgehead atoms. The third kappa shape index (κ3) is 2.70. The van der Waals surface area contributed by atoms with Gasteiger partial charge in [-0.1, -0.05) is 13.3 Å². The largest absolute Gasteiger partial charge is 0.478 e. The van der Waals surface area contributed by atoms with Gasteiger partial charge in [0.05, 0.1) is 5.56 Å². The van der Waals surface area contributed by atoms with E-state index in [1.54, 1.807) is 18.2 Å². The van der Waals surface area contributed by atoms with Gasteiger partial charge in [-0.3, -0.25) is 0 Å². The molecule has 2 unspecified atom stereocenters. The highest BCUT2D eigenvalue weighted by Gasteiger charge is 2.35. The molecule has 4 heteroatoms. The van der Waals surface area contributed by atoms with Crippen LogP contribution in [0.3, 0.4) is 0 Å². The maximum absolute atomic E-state index is 10.8. The number of nitrogens with two attached hydrogens (primary N) is 1. The Hall–Kier alpha value is -1.71. The average molecular weight is 234 g/mol. The Labute approximate surface area is 101 Å². The van der Waals surface area contributed by atoms with Crippen molar-refractivity contribution in [1.82, 2.24) is 0 Å². The molecule has 0 spiro atoms. The van der Waals surface area contributed by atoms with Crippen LogP contribution in [0, 0.1) is 5.92 Å². The van der Waals surface area contributed by atoms with Crippen LogP contribution in [-0.2, 0) is 0 Å². The summed E-state index contributed by atoms with van der Waals surface area (Å²) in [6, 6.07) is 5.56. The van der Waals surface area contributed by atoms with Crippen molar-refractivity contribution >= 4 is 17.3 Å². The second-order valence-corrected chi connectivity index (χ2v) is 4.64. The molecule has 0 aliphatic heterocycles. The molecule has 1 aromatic rings. The molecule has 4 nitrogen and oxygen atoms in total. The summed E-state index contributed by atoms with van der Waals surface area (Å²) >= 11 is 0. The van der Waals surface area contributed by atoms with E-state index in [2.05, 4.69) is 12.2 Å². The number of hydrogen-bond donors (Lipinski definition) is 3. The van der Waals surface area contributed by atoms with Crippen LogP contribution in [0.25, 0.3) is 0 Å². The van der Waals surface area contributed by atoms with E-state index in [0.29, 0.717) is 11.7 Å². The molecule has 17 heavy (non-hydrogen) atoms. The molecule has 1 aliphatic carbocycles. The van der Waals surface area contributed by atoms with E-state index in [1.807, 2.05) is 0 Å². The summed E-state index contributed by atoms with van der Waals surface area (Å²) in [4.78, 5) is 10.8. The molecule has 1 fully saturated rings. The first-order valence-corrected chi connectivity index (χ1v) is 6.01. The fourth-order valence-corrected chi connectivity index (χ4v) is 2.18. The Morgan fingerprint density at radius 1 is 1.59 bits per heavy atom. The summed E-state index contributed by atoms with van der Waals surface area (Å²) < 4.78 is 0. The van der Waals surface area contributed by atoms with Crippen LogP contribution >= 0.6 is 0 Å². The van der Waals surface area contributed by atoms with Crippen molar-refractivity contribution in [2.75, 3.05) is 11.1 Å². The van der Waals surface area contributed by atoms with Crippen LogP contribution in [0.4, 0.5) is 11.4 Å². The van der Waals surface area contributed by atoms with Gasteiger partial charge in [0.25, 0.3) is 0 Å². The van der Waals surface area contributed by atoms with Crippen LogP contribution in [0.15, 0.2) is 18.2 Å². The molecule has 92 valence electrons. The minimum atomic E-state index is -0.982. The summed E-state index contributed by atoms with van der Waals surface area (Å²) in [5.41, 5.74) is 7.08. The monoisotopic (exact) mass is 234 g/mol. The molecular formula is C13H18N2O2. The fraction of sp³-hybridized carbons (Fsp3) is 0.462. The lowest BCUT2D eigenvalue weighted by atomic mass is 10.1. The molecule has 1 saturated carbocycles. The quantitative estimate of drug-likeness (QED) is 0.684. The predicted octanol–water partition coefficient (Wildman–Crippen LogP) is 2.57. The van der Waals surface area contributed by atoms with Crippen molar-refractivity contribution in [3.63, 3.8) is 0 Å². The van der Waals surface area contributed by atoms with E-state index in [4.69, 9.17) is 10.8 Å². The Kier molecular flexibility index (Phi) is 3.22. The van der Waals surface area contributed by atoms with E-state index >= 15 is 0 Å². The van der Waals surface area contributed by atoms with Crippen LogP contribution in [0.5, 0.6) is 0 Å². The third-order valence-corrected chi connectivity index (χ3v) is 3.22. The van der Waals surface area contributed by atoms with Gasteiger partial charge in [-0.05, 0) is 37.0 Å². The first-order chi connectivity index (χ1) is 8.11. The van der Waals surface area contributed by atoms with Gasteiger partial charge in [0.2, 0.25) is 0 Å². The van der Waals surface area contributed by atoms with Crippen LogP contribution in [-0.4, -0.2) is 17.1 Å². The highest BCUT2D eigenvalue weighted by Crippen LogP contribution is 2.37. The Bertz CT molecular complexity index is 431. The maximum Gasteiger partial charge on any atom is 0.337 e. The normalized spacial score (nSPS) is 22.2. The molecule has 2 atom stereocenters. The molecule has 0 radical (unpaired) electrons.